The highest BCUT2D eigenvalue weighted by Crippen LogP contribution is 2.36. The molecule has 0 heterocycles. The highest BCUT2D eigenvalue weighted by Gasteiger charge is 2.25. The first-order chi connectivity index (χ1) is 11.8. The molecular weight excluding hydrogens is 334 g/mol. The zero-order valence-electron chi connectivity index (χ0n) is 14.7. The van der Waals surface area contributed by atoms with Gasteiger partial charge in [0.2, 0.25) is 5.91 Å². The van der Waals surface area contributed by atoms with Crippen molar-refractivity contribution in [3.05, 3.63) is 60.2 Å². The summed E-state index contributed by atoms with van der Waals surface area (Å²) in [5.41, 5.74) is 1.04. The molecule has 25 heavy (non-hydrogen) atoms. The lowest BCUT2D eigenvalue weighted by Gasteiger charge is -2.21. The van der Waals surface area contributed by atoms with Gasteiger partial charge in [-0.3, -0.25) is 9.59 Å². The standard InChI is InChI=1S/C20H23NO3S/c1-4-20(2,3)19(24)21-15-10-12-16(13-11-15)25-17(18(22)23)14-8-6-5-7-9-14/h5-13,17H,4H2,1-3H3,(H,21,24)(H,22,23). The first-order valence-electron chi connectivity index (χ1n) is 8.19. The van der Waals surface area contributed by atoms with Gasteiger partial charge in [-0.25, -0.2) is 0 Å². The number of rotatable bonds is 7. The number of hydrogen-bond donors (Lipinski definition) is 2. The highest BCUT2D eigenvalue weighted by atomic mass is 32.2. The Bertz CT molecular complexity index is 726. The number of nitrogens with one attached hydrogen (secondary N) is 1. The maximum absolute atomic E-state index is 12.2. The monoisotopic (exact) mass is 357 g/mol. The van der Waals surface area contributed by atoms with E-state index >= 15 is 0 Å². The molecule has 2 aromatic rings. The van der Waals surface area contributed by atoms with Crippen LogP contribution in [0, 0.1) is 5.41 Å². The average Bonchev–Trinajstić information content (AvgIpc) is 2.61. The Morgan fingerprint density at radius 2 is 1.68 bits per heavy atom. The predicted molar refractivity (Wildman–Crippen MR) is 102 cm³/mol. The third kappa shape index (κ3) is 5.10. The lowest BCUT2D eigenvalue weighted by Crippen LogP contribution is -2.29. The number of benzene rings is 2. The Kier molecular flexibility index (Phi) is 6.26. The fourth-order valence-electron chi connectivity index (χ4n) is 2.10. The minimum Gasteiger partial charge on any atom is -0.480 e. The van der Waals surface area contributed by atoms with E-state index in [4.69, 9.17) is 0 Å². The van der Waals surface area contributed by atoms with Crippen molar-refractivity contribution in [1.29, 1.82) is 0 Å². The molecule has 0 fully saturated rings. The summed E-state index contributed by atoms with van der Waals surface area (Å²) < 4.78 is 0. The van der Waals surface area contributed by atoms with Crippen molar-refractivity contribution in [2.24, 2.45) is 5.41 Å². The minimum absolute atomic E-state index is 0.0249. The quantitative estimate of drug-likeness (QED) is 0.686. The topological polar surface area (TPSA) is 66.4 Å². The van der Waals surface area contributed by atoms with Crippen LogP contribution in [0.15, 0.2) is 59.5 Å². The van der Waals surface area contributed by atoms with Crippen molar-refractivity contribution in [3.63, 3.8) is 0 Å². The number of thioether (sulfide) groups is 1. The second kappa shape index (κ2) is 8.21. The maximum Gasteiger partial charge on any atom is 0.321 e. The van der Waals surface area contributed by atoms with Crippen LogP contribution in [0.25, 0.3) is 0 Å². The number of carboxylic acids is 1. The Labute approximate surface area is 152 Å². The molecule has 0 aromatic heterocycles. The number of amides is 1. The van der Waals surface area contributed by atoms with Crippen molar-refractivity contribution in [1.82, 2.24) is 0 Å². The second-order valence-corrected chi connectivity index (χ2v) is 7.64. The molecule has 0 spiro atoms. The molecular formula is C20H23NO3S. The van der Waals surface area contributed by atoms with Gasteiger partial charge in [-0.15, -0.1) is 11.8 Å². The minimum atomic E-state index is -0.877. The van der Waals surface area contributed by atoms with E-state index in [0.717, 1.165) is 16.9 Å². The molecule has 0 saturated heterocycles. The Morgan fingerprint density at radius 3 is 2.20 bits per heavy atom. The van der Waals surface area contributed by atoms with Crippen LogP contribution >= 0.6 is 11.8 Å². The van der Waals surface area contributed by atoms with Gasteiger partial charge in [0.15, 0.2) is 0 Å². The highest BCUT2D eigenvalue weighted by molar-refractivity contribution is 8.00. The summed E-state index contributed by atoms with van der Waals surface area (Å²) in [5, 5.41) is 11.7. The molecule has 4 nitrogen and oxygen atoms in total. The normalized spacial score (nSPS) is 12.4. The number of carbonyl (C=O) groups excluding carboxylic acids is 1. The number of anilines is 1. The van der Waals surface area contributed by atoms with Crippen LogP contribution in [-0.4, -0.2) is 17.0 Å². The number of carboxylic acid groups (broad SMARTS) is 1. The lowest BCUT2D eigenvalue weighted by molar-refractivity contribution is -0.136. The summed E-state index contributed by atoms with van der Waals surface area (Å²) in [6.45, 7) is 5.79. The van der Waals surface area contributed by atoms with E-state index in [2.05, 4.69) is 5.32 Å². The zero-order chi connectivity index (χ0) is 18.4. The molecule has 0 aliphatic rings. The van der Waals surface area contributed by atoms with Gasteiger partial charge in [-0.05, 0) is 36.2 Å². The van der Waals surface area contributed by atoms with Gasteiger partial charge < -0.3 is 10.4 Å². The fourth-order valence-corrected chi connectivity index (χ4v) is 3.06. The molecule has 1 amide bonds. The van der Waals surface area contributed by atoms with Crippen molar-refractivity contribution in [2.75, 3.05) is 5.32 Å². The Hall–Kier alpha value is -2.27. The van der Waals surface area contributed by atoms with Crippen LogP contribution < -0.4 is 5.32 Å². The molecule has 2 N–H and O–H groups in total. The van der Waals surface area contributed by atoms with Gasteiger partial charge in [0.05, 0.1) is 0 Å². The molecule has 2 rings (SSSR count). The largest absolute Gasteiger partial charge is 0.480 e. The van der Waals surface area contributed by atoms with Gasteiger partial charge >= 0.3 is 5.97 Å². The summed E-state index contributed by atoms with van der Waals surface area (Å²) in [7, 11) is 0. The van der Waals surface area contributed by atoms with Crippen molar-refractivity contribution >= 4 is 29.3 Å². The van der Waals surface area contributed by atoms with E-state index in [9.17, 15) is 14.7 Å². The molecule has 0 bridgehead atoms. The van der Waals surface area contributed by atoms with Crippen molar-refractivity contribution in [3.8, 4) is 0 Å². The molecule has 0 aliphatic heterocycles. The molecule has 0 saturated carbocycles. The lowest BCUT2D eigenvalue weighted by atomic mass is 9.89. The van der Waals surface area contributed by atoms with Crippen LogP contribution in [0.3, 0.4) is 0 Å². The molecule has 0 aliphatic carbocycles. The third-order valence-corrected chi connectivity index (χ3v) is 5.45. The van der Waals surface area contributed by atoms with Crippen LogP contribution in [0.1, 0.15) is 38.0 Å². The predicted octanol–water partition coefficient (Wildman–Crippen LogP) is 4.98. The molecule has 1 unspecified atom stereocenters. The van der Waals surface area contributed by atoms with Crippen LogP contribution in [0.5, 0.6) is 0 Å². The first kappa shape index (κ1) is 19.1. The zero-order valence-corrected chi connectivity index (χ0v) is 15.5. The number of aliphatic carboxylic acids is 1. The van der Waals surface area contributed by atoms with Crippen LogP contribution in [0.4, 0.5) is 5.69 Å². The van der Waals surface area contributed by atoms with Gasteiger partial charge in [0, 0.05) is 16.0 Å². The summed E-state index contributed by atoms with van der Waals surface area (Å²) in [4.78, 5) is 24.6. The molecule has 2 aromatic carbocycles. The van der Waals surface area contributed by atoms with Crippen LogP contribution in [-0.2, 0) is 9.59 Å². The average molecular weight is 357 g/mol. The van der Waals surface area contributed by atoms with E-state index < -0.39 is 16.6 Å². The molecule has 132 valence electrons. The maximum atomic E-state index is 12.2. The molecule has 1 atom stereocenters. The van der Waals surface area contributed by atoms with E-state index in [0.29, 0.717) is 5.69 Å². The summed E-state index contributed by atoms with van der Waals surface area (Å²) >= 11 is 1.28. The van der Waals surface area contributed by atoms with Gasteiger partial charge in [0.25, 0.3) is 0 Å². The van der Waals surface area contributed by atoms with Crippen LogP contribution in [0.2, 0.25) is 0 Å². The van der Waals surface area contributed by atoms with E-state index in [-0.39, 0.29) is 5.91 Å². The fraction of sp³-hybridized carbons (Fsp3) is 0.300. The third-order valence-electron chi connectivity index (χ3n) is 4.19. The smallest absolute Gasteiger partial charge is 0.321 e. The van der Waals surface area contributed by atoms with E-state index in [1.807, 2.05) is 63.2 Å². The SMILES string of the molecule is CCC(C)(C)C(=O)Nc1ccc(SC(C(=O)O)c2ccccc2)cc1. The Balaban J connectivity index is 2.09. The second-order valence-electron chi connectivity index (χ2n) is 6.46. The van der Waals surface area contributed by atoms with Gasteiger partial charge in [-0.1, -0.05) is 51.1 Å². The van der Waals surface area contributed by atoms with Gasteiger partial charge in [0.1, 0.15) is 5.25 Å². The van der Waals surface area contributed by atoms with E-state index in [1.54, 1.807) is 12.1 Å². The first-order valence-corrected chi connectivity index (χ1v) is 9.07. The van der Waals surface area contributed by atoms with Gasteiger partial charge in [-0.2, -0.15) is 0 Å². The number of carbonyl (C=O) groups is 2. The Morgan fingerprint density at radius 1 is 1.08 bits per heavy atom. The summed E-state index contributed by atoms with van der Waals surface area (Å²) in [6, 6.07) is 16.4. The number of hydrogen-bond acceptors (Lipinski definition) is 3. The summed E-state index contributed by atoms with van der Waals surface area (Å²) in [5.74, 6) is -0.902. The van der Waals surface area contributed by atoms with Crippen molar-refractivity contribution in [2.45, 2.75) is 37.3 Å². The van der Waals surface area contributed by atoms with Crippen molar-refractivity contribution < 1.29 is 14.7 Å². The van der Waals surface area contributed by atoms with E-state index in [1.165, 1.54) is 11.8 Å². The molecule has 5 heteroatoms. The summed E-state index contributed by atoms with van der Waals surface area (Å²) in [6.07, 6.45) is 0.754. The molecule has 0 radical (unpaired) electrons.